The Morgan fingerprint density at radius 3 is 2.46 bits per heavy atom. The number of ether oxygens (including phenoxy) is 1. The molecule has 2 N–H and O–H groups in total. The Morgan fingerprint density at radius 1 is 1.08 bits per heavy atom. The number of nitrogens with zero attached hydrogens (tertiary/aromatic N) is 1. The van der Waals surface area contributed by atoms with E-state index in [4.69, 9.17) is 0 Å². The molecule has 3 rings (SSSR count). The largest absolute Gasteiger partial charge is 0.465 e. The van der Waals surface area contributed by atoms with Crippen LogP contribution in [0, 0.1) is 0 Å². The number of piperazine rings is 1. The monoisotopic (exact) mass is 353 g/mol. The number of para-hydroxylation sites is 2. The molecule has 0 radical (unpaired) electrons. The first-order valence-electron chi connectivity index (χ1n) is 8.19. The van der Waals surface area contributed by atoms with Gasteiger partial charge < -0.3 is 20.3 Å². The Morgan fingerprint density at radius 2 is 1.77 bits per heavy atom. The van der Waals surface area contributed by atoms with E-state index in [9.17, 15) is 14.4 Å². The van der Waals surface area contributed by atoms with Crippen LogP contribution in [0.25, 0.3) is 0 Å². The second kappa shape index (κ2) is 7.69. The number of hydrogen-bond acceptors (Lipinski definition) is 5. The lowest BCUT2D eigenvalue weighted by Crippen LogP contribution is -2.47. The maximum Gasteiger partial charge on any atom is 0.337 e. The quantitative estimate of drug-likeness (QED) is 0.817. The van der Waals surface area contributed by atoms with E-state index in [-0.39, 0.29) is 18.4 Å². The van der Waals surface area contributed by atoms with Crippen LogP contribution in [0.1, 0.15) is 20.7 Å². The SMILES string of the molecule is COC(=O)c1ccc(C(=O)Nc2ccccc2N2CCNC(=O)C2)cc1. The normalized spacial score (nSPS) is 13.7. The summed E-state index contributed by atoms with van der Waals surface area (Å²) in [7, 11) is 1.31. The number of carbonyl (C=O) groups excluding carboxylic acids is 3. The minimum Gasteiger partial charge on any atom is -0.465 e. The summed E-state index contributed by atoms with van der Waals surface area (Å²) >= 11 is 0. The van der Waals surface area contributed by atoms with Crippen molar-refractivity contribution in [3.8, 4) is 0 Å². The minimum atomic E-state index is -0.453. The number of amides is 2. The fraction of sp³-hybridized carbons (Fsp3) is 0.211. The number of rotatable bonds is 4. The first kappa shape index (κ1) is 17.5. The summed E-state index contributed by atoms with van der Waals surface area (Å²) in [6, 6.07) is 13.6. The van der Waals surface area contributed by atoms with Crippen molar-refractivity contribution in [1.29, 1.82) is 0 Å². The maximum atomic E-state index is 12.5. The standard InChI is InChI=1S/C19H19N3O4/c1-26-19(25)14-8-6-13(7-9-14)18(24)21-15-4-2-3-5-16(15)22-11-10-20-17(23)12-22/h2-9H,10-12H2,1H3,(H,20,23)(H,21,24). The van der Waals surface area contributed by atoms with E-state index in [2.05, 4.69) is 15.4 Å². The van der Waals surface area contributed by atoms with Gasteiger partial charge in [0.2, 0.25) is 5.91 Å². The van der Waals surface area contributed by atoms with Gasteiger partial charge in [0.25, 0.3) is 5.91 Å². The van der Waals surface area contributed by atoms with Gasteiger partial charge >= 0.3 is 5.97 Å². The van der Waals surface area contributed by atoms with E-state index < -0.39 is 5.97 Å². The second-order valence-corrected chi connectivity index (χ2v) is 5.81. The third-order valence-electron chi connectivity index (χ3n) is 4.10. The van der Waals surface area contributed by atoms with Crippen molar-refractivity contribution in [2.45, 2.75) is 0 Å². The molecule has 0 aliphatic carbocycles. The highest BCUT2D eigenvalue weighted by atomic mass is 16.5. The third kappa shape index (κ3) is 3.83. The van der Waals surface area contributed by atoms with Crippen molar-refractivity contribution in [3.05, 3.63) is 59.7 Å². The molecule has 1 aliphatic rings. The Balaban J connectivity index is 1.77. The molecule has 1 fully saturated rings. The van der Waals surface area contributed by atoms with Gasteiger partial charge in [0.05, 0.1) is 30.6 Å². The topological polar surface area (TPSA) is 87.7 Å². The molecule has 0 atom stereocenters. The first-order chi connectivity index (χ1) is 12.6. The van der Waals surface area contributed by atoms with Crippen LogP contribution >= 0.6 is 0 Å². The highest BCUT2D eigenvalue weighted by molar-refractivity contribution is 6.06. The minimum absolute atomic E-state index is 0.0456. The van der Waals surface area contributed by atoms with Crippen molar-refractivity contribution in [3.63, 3.8) is 0 Å². The lowest BCUT2D eigenvalue weighted by molar-refractivity contribution is -0.120. The van der Waals surface area contributed by atoms with Crippen molar-refractivity contribution in [1.82, 2.24) is 5.32 Å². The number of hydrogen-bond donors (Lipinski definition) is 2. The molecule has 7 heteroatoms. The van der Waals surface area contributed by atoms with Gasteiger partial charge in [0.15, 0.2) is 0 Å². The van der Waals surface area contributed by atoms with Crippen LogP contribution in [0.4, 0.5) is 11.4 Å². The van der Waals surface area contributed by atoms with Gasteiger partial charge in [-0.25, -0.2) is 4.79 Å². The average molecular weight is 353 g/mol. The highest BCUT2D eigenvalue weighted by Gasteiger charge is 2.19. The Kier molecular flexibility index (Phi) is 5.17. The van der Waals surface area contributed by atoms with Gasteiger partial charge in [-0.15, -0.1) is 0 Å². The van der Waals surface area contributed by atoms with E-state index in [1.54, 1.807) is 30.3 Å². The van der Waals surface area contributed by atoms with Crippen molar-refractivity contribution in [2.75, 3.05) is 37.0 Å². The van der Waals surface area contributed by atoms with E-state index >= 15 is 0 Å². The molecule has 2 amide bonds. The predicted octanol–water partition coefficient (Wildman–Crippen LogP) is 1.66. The van der Waals surface area contributed by atoms with Gasteiger partial charge in [-0.05, 0) is 36.4 Å². The third-order valence-corrected chi connectivity index (χ3v) is 4.10. The summed E-state index contributed by atoms with van der Waals surface area (Å²) in [6.07, 6.45) is 0. The zero-order valence-corrected chi connectivity index (χ0v) is 14.3. The molecule has 0 aromatic heterocycles. The molecule has 134 valence electrons. The van der Waals surface area contributed by atoms with Gasteiger partial charge in [0.1, 0.15) is 0 Å². The Labute approximate surface area is 150 Å². The first-order valence-corrected chi connectivity index (χ1v) is 8.19. The summed E-state index contributed by atoms with van der Waals surface area (Å²) in [5.74, 6) is -0.795. The molecule has 26 heavy (non-hydrogen) atoms. The molecule has 7 nitrogen and oxygen atoms in total. The van der Waals surface area contributed by atoms with Crippen LogP contribution in [0.15, 0.2) is 48.5 Å². The van der Waals surface area contributed by atoms with E-state index in [1.807, 2.05) is 23.1 Å². The van der Waals surface area contributed by atoms with Crippen LogP contribution in [0.5, 0.6) is 0 Å². The fourth-order valence-corrected chi connectivity index (χ4v) is 2.77. The van der Waals surface area contributed by atoms with Gasteiger partial charge in [-0.2, -0.15) is 0 Å². The van der Waals surface area contributed by atoms with Crippen LogP contribution in [0.3, 0.4) is 0 Å². The van der Waals surface area contributed by atoms with Crippen LogP contribution in [-0.4, -0.2) is 44.5 Å². The number of anilines is 2. The summed E-state index contributed by atoms with van der Waals surface area (Å²) < 4.78 is 4.65. The van der Waals surface area contributed by atoms with E-state index in [1.165, 1.54) is 7.11 Å². The van der Waals surface area contributed by atoms with Crippen LogP contribution in [0.2, 0.25) is 0 Å². The zero-order chi connectivity index (χ0) is 18.5. The zero-order valence-electron chi connectivity index (χ0n) is 14.3. The van der Waals surface area contributed by atoms with Crippen molar-refractivity contribution < 1.29 is 19.1 Å². The summed E-state index contributed by atoms with van der Waals surface area (Å²) in [5.41, 5.74) is 2.22. The smallest absolute Gasteiger partial charge is 0.337 e. The molecular formula is C19H19N3O4. The predicted molar refractivity (Wildman–Crippen MR) is 97.4 cm³/mol. The van der Waals surface area contributed by atoms with Gasteiger partial charge in [-0.3, -0.25) is 9.59 Å². The summed E-state index contributed by atoms with van der Waals surface area (Å²) in [4.78, 5) is 37.6. The van der Waals surface area contributed by atoms with Crippen molar-refractivity contribution >= 4 is 29.2 Å². The molecular weight excluding hydrogens is 334 g/mol. The summed E-state index contributed by atoms with van der Waals surface area (Å²) in [6.45, 7) is 1.49. The van der Waals surface area contributed by atoms with E-state index in [0.717, 1.165) is 5.69 Å². The van der Waals surface area contributed by atoms with Crippen LogP contribution in [-0.2, 0) is 9.53 Å². The average Bonchev–Trinajstić information content (AvgIpc) is 2.68. The number of benzene rings is 2. The Hall–Kier alpha value is -3.35. The maximum absolute atomic E-state index is 12.5. The lowest BCUT2D eigenvalue weighted by atomic mass is 10.1. The van der Waals surface area contributed by atoms with Gasteiger partial charge in [0, 0.05) is 18.7 Å². The molecule has 0 spiro atoms. The van der Waals surface area contributed by atoms with Gasteiger partial charge in [-0.1, -0.05) is 12.1 Å². The fourth-order valence-electron chi connectivity index (χ4n) is 2.77. The molecule has 1 heterocycles. The Bertz CT molecular complexity index is 833. The van der Waals surface area contributed by atoms with Crippen LogP contribution < -0.4 is 15.5 Å². The number of methoxy groups -OCH3 is 1. The molecule has 2 aromatic carbocycles. The van der Waals surface area contributed by atoms with Crippen molar-refractivity contribution in [2.24, 2.45) is 0 Å². The second-order valence-electron chi connectivity index (χ2n) is 5.81. The number of carbonyl (C=O) groups is 3. The number of esters is 1. The summed E-state index contributed by atoms with van der Waals surface area (Å²) in [5, 5.41) is 5.65. The lowest BCUT2D eigenvalue weighted by Gasteiger charge is -2.30. The molecule has 0 bridgehead atoms. The molecule has 1 saturated heterocycles. The number of nitrogens with one attached hydrogen (secondary N) is 2. The molecule has 2 aromatic rings. The highest BCUT2D eigenvalue weighted by Crippen LogP contribution is 2.26. The molecule has 0 unspecified atom stereocenters. The van der Waals surface area contributed by atoms with E-state index in [0.29, 0.717) is 29.9 Å². The molecule has 0 saturated carbocycles. The molecule has 1 aliphatic heterocycles.